The van der Waals surface area contributed by atoms with Crippen molar-refractivity contribution < 1.29 is 51.6 Å². The molecule has 2 aliphatic rings. The number of carbonyl (C=O) groups is 2. The zero-order valence-electron chi connectivity index (χ0n) is 25.1. The van der Waals surface area contributed by atoms with E-state index < -0.39 is 31.7 Å². The Morgan fingerprint density at radius 1 is 1.16 bits per heavy atom. The predicted molar refractivity (Wildman–Crippen MR) is 151 cm³/mol. The van der Waals surface area contributed by atoms with Crippen molar-refractivity contribution in [2.45, 2.75) is 138 Å². The fourth-order valence-corrected chi connectivity index (χ4v) is 13.7. The minimum atomic E-state index is -1.96. The van der Waals surface area contributed by atoms with Crippen LogP contribution >= 0.6 is 8.25 Å². The van der Waals surface area contributed by atoms with Gasteiger partial charge in [0.2, 0.25) is 0 Å². The quantitative estimate of drug-likeness (QED) is 0.0742. The van der Waals surface area contributed by atoms with Crippen LogP contribution in [0.4, 0.5) is 0 Å². The molecule has 0 amide bonds. The molecule has 9 heteroatoms. The molecule has 2 fully saturated rings. The van der Waals surface area contributed by atoms with Gasteiger partial charge in [0, 0.05) is 0 Å². The second-order valence-corrected chi connectivity index (χ2v) is 25.5. The number of hydrogen-bond donors (Lipinski definition) is 0. The van der Waals surface area contributed by atoms with E-state index in [0.29, 0.717) is 15.8 Å². The average molecular weight is 760 g/mol. The van der Waals surface area contributed by atoms with Crippen LogP contribution in [0.5, 0.6) is 0 Å². The standard InChI is InChI=1S/C29H51O6Si.ClH.Hg/c1-9-10-11-14-22(33-21(2)30)17-18-24-25-19-23(15-12-13-16-28(31)32-6)34-26(24)20-27(25)35-36(7,8)29(3,4)5;;/h15,17-18,22-27H,9-14,16,19-20H2,1-8H3;1H;/q;;+1/p-1/b18-17+;;/t22-,23-,24+,25+,26+,27+;;/m0../s1. The number of methoxy groups -OCH3 is 1. The molecule has 1 aliphatic carbocycles. The first-order chi connectivity index (χ1) is 17.8. The number of hydrogen-bond acceptors (Lipinski definition) is 6. The predicted octanol–water partition coefficient (Wildman–Crippen LogP) is 7.61. The van der Waals surface area contributed by atoms with Crippen molar-refractivity contribution in [1.82, 2.24) is 0 Å². The van der Waals surface area contributed by atoms with Gasteiger partial charge < -0.3 is 0 Å². The zero-order valence-corrected chi connectivity index (χ0v) is 32.3. The molecule has 0 aromatic rings. The molecule has 1 saturated carbocycles. The summed E-state index contributed by atoms with van der Waals surface area (Å²) >= 11 is -1.64. The first kappa shape index (κ1) is 34.2. The van der Waals surface area contributed by atoms with E-state index >= 15 is 0 Å². The number of ether oxygens (including phenoxy) is 3. The average Bonchev–Trinajstić information content (AvgIpc) is 3.01. The Morgan fingerprint density at radius 2 is 1.87 bits per heavy atom. The van der Waals surface area contributed by atoms with Crippen LogP contribution < -0.4 is 0 Å². The van der Waals surface area contributed by atoms with E-state index in [1.54, 1.807) is 0 Å². The van der Waals surface area contributed by atoms with Gasteiger partial charge in [0.1, 0.15) is 0 Å². The van der Waals surface area contributed by atoms with E-state index in [1.165, 1.54) is 14.0 Å². The normalized spacial score (nSPS) is 27.1. The molecule has 0 aromatic carbocycles. The molecule has 1 aliphatic heterocycles. The van der Waals surface area contributed by atoms with E-state index in [-0.39, 0.29) is 47.3 Å². The summed E-state index contributed by atoms with van der Waals surface area (Å²) in [5, 5.41) is 0.138. The molecule has 0 N–H and O–H groups in total. The van der Waals surface area contributed by atoms with Gasteiger partial charge in [0.15, 0.2) is 0 Å². The molecular weight excluding hydrogens is 708 g/mol. The topological polar surface area (TPSA) is 71.1 Å². The number of carbonyl (C=O) groups excluding carboxylic acids is 2. The third-order valence-electron chi connectivity index (χ3n) is 8.84. The van der Waals surface area contributed by atoms with E-state index in [4.69, 9.17) is 26.9 Å². The van der Waals surface area contributed by atoms with Crippen molar-refractivity contribution in [1.29, 1.82) is 0 Å². The summed E-state index contributed by atoms with van der Waals surface area (Å²) in [7, 11) is 6.14. The summed E-state index contributed by atoms with van der Waals surface area (Å²) in [4.78, 5) is 23.4. The van der Waals surface area contributed by atoms with Crippen LogP contribution in [0.1, 0.15) is 92.4 Å². The molecule has 0 spiro atoms. The van der Waals surface area contributed by atoms with Gasteiger partial charge in [-0.3, -0.25) is 0 Å². The summed E-state index contributed by atoms with van der Waals surface area (Å²) in [6, 6.07) is 0. The van der Waals surface area contributed by atoms with Gasteiger partial charge in [0.05, 0.1) is 0 Å². The molecule has 2 bridgehead atoms. The minimum absolute atomic E-state index is 0.0816. The van der Waals surface area contributed by atoms with Crippen molar-refractivity contribution >= 4 is 28.5 Å². The molecule has 1 saturated heterocycles. The van der Waals surface area contributed by atoms with Crippen molar-refractivity contribution in [2.75, 3.05) is 7.11 Å². The van der Waals surface area contributed by atoms with Crippen molar-refractivity contribution in [3.05, 3.63) is 12.2 Å². The van der Waals surface area contributed by atoms with Crippen LogP contribution in [0.3, 0.4) is 0 Å². The van der Waals surface area contributed by atoms with Gasteiger partial charge in [-0.2, -0.15) is 0 Å². The molecule has 0 aromatic heterocycles. The Bertz CT molecular complexity index is 786. The van der Waals surface area contributed by atoms with E-state index in [0.717, 1.165) is 51.4 Å². The van der Waals surface area contributed by atoms with Gasteiger partial charge >= 0.3 is 243 Å². The van der Waals surface area contributed by atoms with Crippen LogP contribution in [-0.2, 0) is 51.6 Å². The molecular formula is C29H51ClHgO6Si. The molecule has 38 heavy (non-hydrogen) atoms. The summed E-state index contributed by atoms with van der Waals surface area (Å²) in [6.45, 7) is 15.2. The van der Waals surface area contributed by atoms with Crippen molar-refractivity contribution in [3.63, 3.8) is 0 Å². The first-order valence-corrected chi connectivity index (χ1v) is 27.5. The van der Waals surface area contributed by atoms with Gasteiger partial charge in [0.25, 0.3) is 0 Å². The maximum absolute atomic E-state index is 11.7. The second-order valence-electron chi connectivity index (χ2n) is 12.8. The zero-order chi connectivity index (χ0) is 28.5. The Kier molecular flexibility index (Phi) is 14.3. The third kappa shape index (κ3) is 10.1. The van der Waals surface area contributed by atoms with Crippen molar-refractivity contribution in [3.8, 4) is 0 Å². The second kappa shape index (κ2) is 15.9. The van der Waals surface area contributed by atoms with E-state index in [1.807, 2.05) is 0 Å². The molecule has 216 valence electrons. The van der Waals surface area contributed by atoms with Gasteiger partial charge in [-0.1, -0.05) is 6.92 Å². The van der Waals surface area contributed by atoms with Crippen LogP contribution in [0.2, 0.25) is 21.6 Å². The summed E-state index contributed by atoms with van der Waals surface area (Å²) in [5.41, 5.74) is 0. The summed E-state index contributed by atoms with van der Waals surface area (Å²) in [5.74, 6) is 0.211. The number of fused-ring (bicyclic) bond motifs is 2. The number of esters is 2. The Labute approximate surface area is 248 Å². The summed E-state index contributed by atoms with van der Waals surface area (Å²) < 4.78 is 24.7. The van der Waals surface area contributed by atoms with Crippen molar-refractivity contribution in [2.24, 2.45) is 11.8 Å². The number of rotatable bonds is 15. The first-order valence-electron chi connectivity index (χ1n) is 14.6. The van der Waals surface area contributed by atoms with E-state index in [2.05, 4.69) is 52.9 Å². The fraction of sp³-hybridized carbons (Fsp3) is 0.862. The SMILES string of the molecule is CCCCC[C@@H](/C=C/[C@@H]1[C@H]2C[C@H]([CH](CCCC(=O)OC)[Hg][Cl])O[C@@H]1C[C@H]2O[Si](C)(C)C(C)(C)C)OC(C)=O. The van der Waals surface area contributed by atoms with Crippen LogP contribution in [-0.4, -0.2) is 51.8 Å². The Morgan fingerprint density at radius 3 is 2.45 bits per heavy atom. The van der Waals surface area contributed by atoms with Gasteiger partial charge in [-0.25, -0.2) is 0 Å². The number of unbranched alkanes of at least 4 members (excludes halogenated alkanes) is 2. The van der Waals surface area contributed by atoms with Crippen LogP contribution in [0, 0.1) is 11.8 Å². The summed E-state index contributed by atoms with van der Waals surface area (Å²) in [6.07, 6.45) is 12.7. The van der Waals surface area contributed by atoms with E-state index in [9.17, 15) is 9.59 Å². The monoisotopic (exact) mass is 760 g/mol. The fourth-order valence-electron chi connectivity index (χ4n) is 5.58. The Hall–Kier alpha value is 0.0419. The third-order valence-corrected chi connectivity index (χ3v) is 22.0. The van der Waals surface area contributed by atoms with Gasteiger partial charge in [-0.05, 0) is 0 Å². The van der Waals surface area contributed by atoms with Gasteiger partial charge in [-0.15, -0.1) is 0 Å². The molecule has 1 unspecified atom stereocenters. The number of halogens is 1. The molecule has 1 heterocycles. The molecule has 2 rings (SSSR count). The molecule has 6 nitrogen and oxygen atoms in total. The molecule has 0 radical (unpaired) electrons. The Balaban J connectivity index is 2.22. The molecule has 7 atom stereocenters. The maximum atomic E-state index is 11.7. The van der Waals surface area contributed by atoms with Crippen LogP contribution in [0.25, 0.3) is 0 Å². The van der Waals surface area contributed by atoms with Crippen LogP contribution in [0.15, 0.2) is 12.2 Å².